The highest BCUT2D eigenvalue weighted by Gasteiger charge is 2.25. The maximum Gasteiger partial charge on any atom is 0.194 e. The standard InChI is InChI=1S/C19H25N3O2/c1-14-6-7-17(15(2)11-14)18-13-22(8-10-24-18)19(20-3)21-12-16-5-4-9-23-16/h4-7,9,11,18H,8,10,12-13H2,1-3H3,(H,20,21). The molecule has 0 amide bonds. The Morgan fingerprint density at radius 1 is 1.33 bits per heavy atom. The quantitative estimate of drug-likeness (QED) is 0.695. The number of rotatable bonds is 3. The molecule has 1 saturated heterocycles. The van der Waals surface area contributed by atoms with Crippen molar-refractivity contribution < 1.29 is 9.15 Å². The van der Waals surface area contributed by atoms with Crippen LogP contribution in [0.1, 0.15) is 28.6 Å². The SMILES string of the molecule is CN=C(NCc1ccco1)N1CCOC(c2ccc(C)cc2C)C1. The predicted octanol–water partition coefficient (Wildman–Crippen LogP) is 3.05. The van der Waals surface area contributed by atoms with Crippen LogP contribution in [-0.4, -0.2) is 37.6 Å². The van der Waals surface area contributed by atoms with E-state index in [-0.39, 0.29) is 6.10 Å². The Morgan fingerprint density at radius 2 is 2.21 bits per heavy atom. The van der Waals surface area contributed by atoms with E-state index in [1.54, 1.807) is 6.26 Å². The minimum atomic E-state index is 0.0708. The molecule has 1 atom stereocenters. The fraction of sp³-hybridized carbons (Fsp3) is 0.421. The van der Waals surface area contributed by atoms with E-state index in [1.165, 1.54) is 16.7 Å². The molecule has 2 heterocycles. The minimum Gasteiger partial charge on any atom is -0.467 e. The highest BCUT2D eigenvalue weighted by Crippen LogP contribution is 2.25. The summed E-state index contributed by atoms with van der Waals surface area (Å²) in [6.07, 6.45) is 1.76. The summed E-state index contributed by atoms with van der Waals surface area (Å²) in [5.41, 5.74) is 3.81. The van der Waals surface area contributed by atoms with Crippen molar-refractivity contribution in [3.8, 4) is 0 Å². The molecule has 1 aromatic heterocycles. The smallest absolute Gasteiger partial charge is 0.194 e. The molecule has 24 heavy (non-hydrogen) atoms. The summed E-state index contributed by atoms with van der Waals surface area (Å²) in [5.74, 6) is 1.78. The van der Waals surface area contributed by atoms with Crippen LogP contribution in [0.25, 0.3) is 0 Å². The van der Waals surface area contributed by atoms with Crippen LogP contribution in [0.4, 0.5) is 0 Å². The first-order chi connectivity index (χ1) is 11.7. The van der Waals surface area contributed by atoms with Crippen molar-refractivity contribution in [1.29, 1.82) is 0 Å². The Morgan fingerprint density at radius 3 is 2.92 bits per heavy atom. The number of nitrogens with zero attached hydrogens (tertiary/aromatic N) is 2. The van der Waals surface area contributed by atoms with Gasteiger partial charge in [-0.25, -0.2) is 0 Å². The molecule has 0 radical (unpaired) electrons. The topological polar surface area (TPSA) is 50.0 Å². The Labute approximate surface area is 143 Å². The third kappa shape index (κ3) is 3.79. The third-order valence-electron chi connectivity index (χ3n) is 4.35. The first-order valence-electron chi connectivity index (χ1n) is 8.34. The van der Waals surface area contributed by atoms with Crippen molar-refractivity contribution in [3.63, 3.8) is 0 Å². The number of guanidine groups is 1. The maximum absolute atomic E-state index is 6.02. The zero-order valence-electron chi connectivity index (χ0n) is 14.6. The molecular weight excluding hydrogens is 302 g/mol. The number of aliphatic imine (C=N–C) groups is 1. The average Bonchev–Trinajstić information content (AvgIpc) is 3.09. The summed E-state index contributed by atoms with van der Waals surface area (Å²) in [4.78, 5) is 6.66. The molecule has 1 fully saturated rings. The molecule has 0 spiro atoms. The summed E-state index contributed by atoms with van der Waals surface area (Å²) in [7, 11) is 1.81. The molecule has 3 rings (SSSR count). The molecule has 0 aliphatic carbocycles. The van der Waals surface area contributed by atoms with E-state index in [2.05, 4.69) is 47.3 Å². The van der Waals surface area contributed by atoms with Crippen LogP contribution in [0.2, 0.25) is 0 Å². The van der Waals surface area contributed by atoms with E-state index in [4.69, 9.17) is 9.15 Å². The number of ether oxygens (including phenoxy) is 1. The van der Waals surface area contributed by atoms with Crippen LogP contribution >= 0.6 is 0 Å². The number of hydrogen-bond donors (Lipinski definition) is 1. The number of furan rings is 1. The van der Waals surface area contributed by atoms with E-state index < -0.39 is 0 Å². The van der Waals surface area contributed by atoms with Crippen LogP contribution in [0.5, 0.6) is 0 Å². The van der Waals surface area contributed by atoms with E-state index in [1.807, 2.05) is 19.2 Å². The fourth-order valence-corrected chi connectivity index (χ4v) is 3.13. The van der Waals surface area contributed by atoms with Gasteiger partial charge in [0.25, 0.3) is 0 Å². The fourth-order valence-electron chi connectivity index (χ4n) is 3.13. The van der Waals surface area contributed by atoms with Crippen molar-refractivity contribution in [3.05, 3.63) is 59.0 Å². The van der Waals surface area contributed by atoms with Gasteiger partial charge in [0.15, 0.2) is 5.96 Å². The Balaban J connectivity index is 1.67. The second kappa shape index (κ2) is 7.53. The lowest BCUT2D eigenvalue weighted by Crippen LogP contribution is -2.48. The first-order valence-corrected chi connectivity index (χ1v) is 8.34. The van der Waals surface area contributed by atoms with Crippen molar-refractivity contribution in [1.82, 2.24) is 10.2 Å². The summed E-state index contributed by atoms with van der Waals surface area (Å²) in [6.45, 7) is 7.21. The maximum atomic E-state index is 6.02. The molecule has 1 aliphatic rings. The van der Waals surface area contributed by atoms with Crippen molar-refractivity contribution in [2.75, 3.05) is 26.7 Å². The molecule has 2 aromatic rings. The van der Waals surface area contributed by atoms with Crippen LogP contribution in [-0.2, 0) is 11.3 Å². The number of morpholine rings is 1. The molecule has 0 bridgehead atoms. The number of hydrogen-bond acceptors (Lipinski definition) is 3. The van der Waals surface area contributed by atoms with Crippen molar-refractivity contribution in [2.45, 2.75) is 26.5 Å². The first kappa shape index (κ1) is 16.6. The van der Waals surface area contributed by atoms with E-state index in [0.29, 0.717) is 13.2 Å². The van der Waals surface area contributed by atoms with Crippen molar-refractivity contribution >= 4 is 5.96 Å². The monoisotopic (exact) mass is 327 g/mol. The number of benzene rings is 1. The van der Waals surface area contributed by atoms with Gasteiger partial charge in [0.2, 0.25) is 0 Å². The van der Waals surface area contributed by atoms with Gasteiger partial charge in [-0.3, -0.25) is 4.99 Å². The molecule has 128 valence electrons. The second-order valence-corrected chi connectivity index (χ2v) is 6.15. The summed E-state index contributed by atoms with van der Waals surface area (Å²) in [6, 6.07) is 10.4. The van der Waals surface area contributed by atoms with Gasteiger partial charge in [0, 0.05) is 13.6 Å². The largest absolute Gasteiger partial charge is 0.467 e. The van der Waals surface area contributed by atoms with Crippen LogP contribution < -0.4 is 5.32 Å². The van der Waals surface area contributed by atoms with E-state index >= 15 is 0 Å². The van der Waals surface area contributed by atoms with Gasteiger partial charge >= 0.3 is 0 Å². The number of nitrogens with one attached hydrogen (secondary N) is 1. The molecule has 5 nitrogen and oxygen atoms in total. The Kier molecular flexibility index (Phi) is 5.20. The van der Waals surface area contributed by atoms with Crippen molar-refractivity contribution in [2.24, 2.45) is 4.99 Å². The lowest BCUT2D eigenvalue weighted by Gasteiger charge is -2.35. The van der Waals surface area contributed by atoms with Gasteiger partial charge in [-0.05, 0) is 37.1 Å². The minimum absolute atomic E-state index is 0.0708. The lowest BCUT2D eigenvalue weighted by atomic mass is 10.00. The van der Waals surface area contributed by atoms with Crippen LogP contribution in [0.15, 0.2) is 46.0 Å². The normalized spacial score (nSPS) is 18.7. The van der Waals surface area contributed by atoms with E-state index in [0.717, 1.165) is 24.8 Å². The molecule has 1 aromatic carbocycles. The van der Waals surface area contributed by atoms with Gasteiger partial charge < -0.3 is 19.4 Å². The molecule has 1 N–H and O–H groups in total. The summed E-state index contributed by atoms with van der Waals surface area (Å²) in [5, 5.41) is 3.36. The average molecular weight is 327 g/mol. The van der Waals surface area contributed by atoms with Gasteiger partial charge in [-0.1, -0.05) is 23.8 Å². The van der Waals surface area contributed by atoms with E-state index in [9.17, 15) is 0 Å². The molecule has 0 saturated carbocycles. The molecule has 5 heteroatoms. The van der Waals surface area contributed by atoms with Crippen LogP contribution in [0.3, 0.4) is 0 Å². The van der Waals surface area contributed by atoms with Gasteiger partial charge in [-0.15, -0.1) is 0 Å². The summed E-state index contributed by atoms with van der Waals surface area (Å²) < 4.78 is 11.4. The molecule has 1 aliphatic heterocycles. The second-order valence-electron chi connectivity index (χ2n) is 6.15. The lowest BCUT2D eigenvalue weighted by molar-refractivity contribution is -0.00836. The highest BCUT2D eigenvalue weighted by molar-refractivity contribution is 5.80. The predicted molar refractivity (Wildman–Crippen MR) is 95.1 cm³/mol. The third-order valence-corrected chi connectivity index (χ3v) is 4.35. The van der Waals surface area contributed by atoms with Gasteiger partial charge in [-0.2, -0.15) is 0 Å². The number of aryl methyl sites for hydroxylation is 2. The zero-order valence-corrected chi connectivity index (χ0v) is 14.6. The summed E-state index contributed by atoms with van der Waals surface area (Å²) >= 11 is 0. The zero-order chi connectivity index (χ0) is 16.9. The molecule has 1 unspecified atom stereocenters. The van der Waals surface area contributed by atoms with Gasteiger partial charge in [0.1, 0.15) is 11.9 Å². The van der Waals surface area contributed by atoms with Gasteiger partial charge in [0.05, 0.1) is 26.0 Å². The van der Waals surface area contributed by atoms with Crippen LogP contribution in [0, 0.1) is 13.8 Å². The highest BCUT2D eigenvalue weighted by atomic mass is 16.5. The Hall–Kier alpha value is -2.27. The molecular formula is C19H25N3O2. The Bertz CT molecular complexity index is 695.